The smallest absolute Gasteiger partial charge is 0.161 e. The van der Waals surface area contributed by atoms with Gasteiger partial charge >= 0.3 is 0 Å². The van der Waals surface area contributed by atoms with Crippen molar-refractivity contribution in [1.82, 2.24) is 15.3 Å². The van der Waals surface area contributed by atoms with Crippen molar-refractivity contribution in [1.29, 1.82) is 0 Å². The minimum absolute atomic E-state index is 0.573. The quantitative estimate of drug-likeness (QED) is 0.897. The monoisotopic (exact) mass is 337 g/mol. The number of piperidine rings is 1. The van der Waals surface area contributed by atoms with Gasteiger partial charge in [-0.3, -0.25) is 0 Å². The third-order valence-corrected chi connectivity index (χ3v) is 5.35. The number of nitrogens with one attached hydrogen (secondary N) is 1. The summed E-state index contributed by atoms with van der Waals surface area (Å²) in [5, 5.41) is 3.50. The van der Waals surface area contributed by atoms with Gasteiger partial charge in [-0.05, 0) is 38.3 Å². The normalized spacial score (nSPS) is 20.8. The van der Waals surface area contributed by atoms with Crippen LogP contribution in [0.15, 0.2) is 30.3 Å². The minimum Gasteiger partial charge on any atom is -0.356 e. The molecule has 0 radical (unpaired) electrons. The Morgan fingerprint density at radius 3 is 2.80 bits per heavy atom. The summed E-state index contributed by atoms with van der Waals surface area (Å²) in [6, 6.07) is 10.3. The first-order valence-electron chi connectivity index (χ1n) is 9.46. The molecule has 1 fully saturated rings. The van der Waals surface area contributed by atoms with Crippen molar-refractivity contribution >= 4 is 5.82 Å². The number of rotatable bonds is 3. The maximum absolute atomic E-state index is 5.96. The number of hydrogen-bond acceptors (Lipinski definition) is 5. The number of aromatic nitrogens is 2. The highest BCUT2D eigenvalue weighted by Crippen LogP contribution is 2.30. The Balaban J connectivity index is 1.78. The van der Waals surface area contributed by atoms with Crippen LogP contribution in [0.3, 0.4) is 0 Å². The molecule has 25 heavy (non-hydrogen) atoms. The Labute approximate surface area is 149 Å². The molecule has 1 aromatic carbocycles. The highest BCUT2D eigenvalue weighted by Gasteiger charge is 2.25. The lowest BCUT2D eigenvalue weighted by molar-refractivity contribution is 0.421. The Bertz CT molecular complexity index is 716. The van der Waals surface area contributed by atoms with Gasteiger partial charge in [0.05, 0.1) is 5.69 Å². The van der Waals surface area contributed by atoms with Crippen LogP contribution < -0.4 is 16.0 Å². The van der Waals surface area contributed by atoms with Crippen LogP contribution in [0.25, 0.3) is 11.4 Å². The van der Waals surface area contributed by atoms with Crippen molar-refractivity contribution in [3.05, 3.63) is 41.6 Å². The van der Waals surface area contributed by atoms with Crippen LogP contribution in [-0.4, -0.2) is 42.7 Å². The molecule has 3 heterocycles. The summed E-state index contributed by atoms with van der Waals surface area (Å²) in [4.78, 5) is 12.4. The van der Waals surface area contributed by atoms with Gasteiger partial charge in [0, 0.05) is 37.2 Å². The van der Waals surface area contributed by atoms with E-state index in [0.29, 0.717) is 5.92 Å². The Morgan fingerprint density at radius 2 is 1.96 bits per heavy atom. The number of anilines is 1. The number of nitrogens with zero attached hydrogens (tertiary/aromatic N) is 3. The van der Waals surface area contributed by atoms with E-state index in [9.17, 15) is 0 Å². The van der Waals surface area contributed by atoms with Gasteiger partial charge < -0.3 is 16.0 Å². The van der Waals surface area contributed by atoms with Gasteiger partial charge in [-0.1, -0.05) is 30.3 Å². The molecule has 132 valence electrons. The lowest BCUT2D eigenvalue weighted by Crippen LogP contribution is -2.39. The predicted molar refractivity (Wildman–Crippen MR) is 102 cm³/mol. The van der Waals surface area contributed by atoms with Gasteiger partial charge in [0.15, 0.2) is 5.82 Å². The van der Waals surface area contributed by atoms with Gasteiger partial charge in [0.25, 0.3) is 0 Å². The fourth-order valence-electron chi connectivity index (χ4n) is 3.95. The summed E-state index contributed by atoms with van der Waals surface area (Å²) in [6.45, 7) is 4.84. The summed E-state index contributed by atoms with van der Waals surface area (Å²) in [6.07, 6.45) is 4.40. The average Bonchev–Trinajstić information content (AvgIpc) is 2.93. The van der Waals surface area contributed by atoms with Gasteiger partial charge in [0.2, 0.25) is 0 Å². The lowest BCUT2D eigenvalue weighted by Gasteiger charge is -2.34. The van der Waals surface area contributed by atoms with E-state index >= 15 is 0 Å². The summed E-state index contributed by atoms with van der Waals surface area (Å²) in [7, 11) is 0. The second kappa shape index (κ2) is 7.50. The zero-order chi connectivity index (χ0) is 17.1. The van der Waals surface area contributed by atoms with Crippen LogP contribution in [0.1, 0.15) is 24.1 Å². The van der Waals surface area contributed by atoms with Crippen LogP contribution >= 0.6 is 0 Å². The molecule has 2 aliphatic rings. The molecule has 0 saturated carbocycles. The van der Waals surface area contributed by atoms with Crippen LogP contribution in [0.2, 0.25) is 0 Å². The summed E-state index contributed by atoms with van der Waals surface area (Å²) in [5.41, 5.74) is 9.60. The molecule has 5 nitrogen and oxygen atoms in total. The maximum Gasteiger partial charge on any atom is 0.161 e. The number of hydrogen-bond donors (Lipinski definition) is 2. The first kappa shape index (κ1) is 16.5. The molecular weight excluding hydrogens is 310 g/mol. The van der Waals surface area contributed by atoms with Gasteiger partial charge in [-0.2, -0.15) is 0 Å². The zero-order valence-electron chi connectivity index (χ0n) is 14.7. The molecule has 0 spiro atoms. The first-order valence-corrected chi connectivity index (χ1v) is 9.46. The van der Waals surface area contributed by atoms with Crippen molar-refractivity contribution in [2.24, 2.45) is 11.7 Å². The summed E-state index contributed by atoms with van der Waals surface area (Å²) >= 11 is 0. The van der Waals surface area contributed by atoms with Crippen molar-refractivity contribution in [3.8, 4) is 11.4 Å². The van der Waals surface area contributed by atoms with Gasteiger partial charge in [0.1, 0.15) is 5.82 Å². The molecule has 2 aromatic rings. The van der Waals surface area contributed by atoms with E-state index in [4.69, 9.17) is 15.7 Å². The third-order valence-electron chi connectivity index (χ3n) is 5.35. The number of fused-ring (bicyclic) bond motifs is 1. The van der Waals surface area contributed by atoms with E-state index in [2.05, 4.69) is 34.5 Å². The Hall–Kier alpha value is -1.98. The molecule has 1 atom stereocenters. The number of benzene rings is 1. The lowest BCUT2D eigenvalue weighted by atomic mass is 9.97. The second-order valence-corrected chi connectivity index (χ2v) is 7.10. The van der Waals surface area contributed by atoms with Gasteiger partial charge in [-0.15, -0.1) is 0 Å². The zero-order valence-corrected chi connectivity index (χ0v) is 14.7. The SMILES string of the molecule is NC[C@@H]1CCCN(c2nc(-c3ccccc3)nc3c2CCNCC3)C1. The molecule has 0 bridgehead atoms. The Morgan fingerprint density at radius 1 is 1.12 bits per heavy atom. The van der Waals surface area contributed by atoms with Crippen molar-refractivity contribution in [2.45, 2.75) is 25.7 Å². The molecule has 4 rings (SSSR count). The van der Waals surface area contributed by atoms with Crippen LogP contribution in [-0.2, 0) is 12.8 Å². The molecule has 0 unspecified atom stereocenters. The third kappa shape index (κ3) is 3.53. The van der Waals surface area contributed by atoms with Crippen molar-refractivity contribution in [3.63, 3.8) is 0 Å². The van der Waals surface area contributed by atoms with Crippen LogP contribution in [0, 0.1) is 5.92 Å². The van der Waals surface area contributed by atoms with E-state index in [-0.39, 0.29) is 0 Å². The van der Waals surface area contributed by atoms with E-state index in [1.165, 1.54) is 24.1 Å². The molecule has 3 N–H and O–H groups in total. The van der Waals surface area contributed by atoms with Crippen LogP contribution in [0.5, 0.6) is 0 Å². The van der Waals surface area contributed by atoms with Crippen molar-refractivity contribution < 1.29 is 0 Å². The fourth-order valence-corrected chi connectivity index (χ4v) is 3.95. The van der Waals surface area contributed by atoms with Crippen molar-refractivity contribution in [2.75, 3.05) is 37.6 Å². The highest BCUT2D eigenvalue weighted by molar-refractivity contribution is 5.61. The largest absolute Gasteiger partial charge is 0.356 e. The minimum atomic E-state index is 0.573. The average molecular weight is 337 g/mol. The fraction of sp³-hybridized carbons (Fsp3) is 0.500. The van der Waals surface area contributed by atoms with E-state index < -0.39 is 0 Å². The summed E-state index contributed by atoms with van der Waals surface area (Å²) < 4.78 is 0. The maximum atomic E-state index is 5.96. The molecule has 1 aromatic heterocycles. The first-order chi connectivity index (χ1) is 12.3. The molecule has 0 aliphatic carbocycles. The van der Waals surface area contributed by atoms with Crippen LogP contribution in [0.4, 0.5) is 5.82 Å². The molecular formula is C20H27N5. The van der Waals surface area contributed by atoms with Gasteiger partial charge in [-0.25, -0.2) is 9.97 Å². The predicted octanol–water partition coefficient (Wildman–Crippen LogP) is 2.01. The standard InChI is InChI=1S/C20H27N5/c21-13-15-5-4-12-25(14-15)20-17-8-10-22-11-9-18(17)23-19(24-20)16-6-2-1-3-7-16/h1-3,6-7,15,22H,4-5,8-14,21H2/t15-/m0/s1. The highest BCUT2D eigenvalue weighted by atomic mass is 15.2. The second-order valence-electron chi connectivity index (χ2n) is 7.10. The molecule has 5 heteroatoms. The summed E-state index contributed by atoms with van der Waals surface area (Å²) in [5.74, 6) is 2.57. The molecule has 1 saturated heterocycles. The Kier molecular flexibility index (Phi) is 4.95. The van der Waals surface area contributed by atoms with E-state index in [1.54, 1.807) is 0 Å². The number of nitrogens with two attached hydrogens (primary N) is 1. The molecule has 0 amide bonds. The van der Waals surface area contributed by atoms with E-state index in [1.807, 2.05) is 6.07 Å². The molecule has 2 aliphatic heterocycles. The topological polar surface area (TPSA) is 67.1 Å². The van der Waals surface area contributed by atoms with E-state index in [0.717, 1.165) is 62.8 Å².